The van der Waals surface area contributed by atoms with Crippen molar-refractivity contribution in [2.45, 2.75) is 44.3 Å². The van der Waals surface area contributed by atoms with Crippen LogP contribution in [0.3, 0.4) is 0 Å². The third-order valence-electron chi connectivity index (χ3n) is 6.96. The molecule has 0 aromatic heterocycles. The minimum absolute atomic E-state index is 0.0345. The van der Waals surface area contributed by atoms with Crippen LogP contribution >= 0.6 is 0 Å². The first-order chi connectivity index (χ1) is 15.6. The van der Waals surface area contributed by atoms with Crippen LogP contribution in [0.25, 0.3) is 0 Å². The summed E-state index contributed by atoms with van der Waals surface area (Å²) in [6.07, 6.45) is -2.62. The van der Waals surface area contributed by atoms with E-state index in [0.717, 1.165) is 18.6 Å². The quantitative estimate of drug-likeness (QED) is 0.632. The minimum atomic E-state index is -4.89. The zero-order chi connectivity index (χ0) is 23.4. The lowest BCUT2D eigenvalue weighted by Gasteiger charge is -2.59. The number of hydrogen-bond acceptors (Lipinski definition) is 5. The molecular weight excluding hydrogens is 448 g/mol. The average molecular weight is 472 g/mol. The highest BCUT2D eigenvalue weighted by atomic mass is 19.4. The number of amides is 2. The molecule has 4 aliphatic rings. The number of likely N-dealkylation sites (tertiary alicyclic amines) is 2. The highest BCUT2D eigenvalue weighted by Crippen LogP contribution is 2.50. The van der Waals surface area contributed by atoms with E-state index in [1.54, 1.807) is 9.80 Å². The Kier molecular flexibility index (Phi) is 5.42. The van der Waals surface area contributed by atoms with Crippen molar-refractivity contribution < 1.29 is 41.4 Å². The topological polar surface area (TPSA) is 68.3 Å². The van der Waals surface area contributed by atoms with E-state index in [9.17, 15) is 27.2 Å². The summed E-state index contributed by atoms with van der Waals surface area (Å²) in [5.41, 5.74) is -0.0572. The van der Waals surface area contributed by atoms with Crippen LogP contribution < -0.4 is 9.47 Å². The molecule has 0 N–H and O–H groups in total. The molecule has 0 unspecified atom stereocenters. The first-order valence-corrected chi connectivity index (χ1v) is 11.0. The zero-order valence-electron chi connectivity index (χ0n) is 17.8. The van der Waals surface area contributed by atoms with Gasteiger partial charge in [0.1, 0.15) is 18.5 Å². The van der Waals surface area contributed by atoms with Gasteiger partial charge in [-0.25, -0.2) is 9.18 Å². The Morgan fingerprint density at radius 1 is 1.18 bits per heavy atom. The van der Waals surface area contributed by atoms with Crippen LogP contribution in [-0.4, -0.2) is 73.0 Å². The average Bonchev–Trinajstić information content (AvgIpc) is 2.68. The van der Waals surface area contributed by atoms with E-state index in [0.29, 0.717) is 51.5 Å². The van der Waals surface area contributed by atoms with Crippen LogP contribution in [0.2, 0.25) is 0 Å². The van der Waals surface area contributed by atoms with Crippen molar-refractivity contribution in [3.63, 3.8) is 0 Å². The maximum atomic E-state index is 14.1. The zero-order valence-corrected chi connectivity index (χ0v) is 17.8. The van der Waals surface area contributed by atoms with Crippen molar-refractivity contribution in [1.29, 1.82) is 0 Å². The van der Waals surface area contributed by atoms with Gasteiger partial charge >= 0.3 is 12.4 Å². The van der Waals surface area contributed by atoms with Crippen molar-refractivity contribution in [2.75, 3.05) is 32.8 Å². The predicted octanol–water partition coefficient (Wildman–Crippen LogP) is 3.37. The summed E-state index contributed by atoms with van der Waals surface area (Å²) in [5.74, 6) is -1.55. The summed E-state index contributed by atoms with van der Waals surface area (Å²) in [5, 5.41) is 0. The monoisotopic (exact) mass is 472 g/mol. The normalized spacial score (nSPS) is 27.0. The maximum Gasteiger partial charge on any atom is 0.573 e. The fourth-order valence-electron chi connectivity index (χ4n) is 5.45. The molecule has 1 spiro atoms. The second-order valence-corrected chi connectivity index (χ2v) is 9.51. The molecule has 3 saturated heterocycles. The lowest BCUT2D eigenvalue weighted by atomic mass is 9.62. The van der Waals surface area contributed by atoms with Crippen molar-refractivity contribution in [3.05, 3.63) is 24.0 Å². The van der Waals surface area contributed by atoms with Gasteiger partial charge in [0.15, 0.2) is 17.3 Å². The SMILES string of the molecule is O=C1CO[C@H]2CCN(C(=O)N3CC4(CC(Oc5ccc(OC(F)(F)F)cc5F)C4)C3)C[C@H]2C1. The number of urea groups is 1. The third kappa shape index (κ3) is 4.60. The molecule has 5 rings (SSSR count). The summed E-state index contributed by atoms with van der Waals surface area (Å²) in [6, 6.07) is 2.75. The first kappa shape index (κ1) is 22.2. The molecule has 1 saturated carbocycles. The van der Waals surface area contributed by atoms with Gasteiger partial charge in [0.2, 0.25) is 0 Å². The number of halogens is 4. The molecule has 7 nitrogen and oxygen atoms in total. The van der Waals surface area contributed by atoms with Gasteiger partial charge in [-0.3, -0.25) is 4.79 Å². The van der Waals surface area contributed by atoms with Gasteiger partial charge in [-0.1, -0.05) is 0 Å². The van der Waals surface area contributed by atoms with Gasteiger partial charge in [0.05, 0.1) is 6.10 Å². The molecule has 3 heterocycles. The van der Waals surface area contributed by atoms with Gasteiger partial charge < -0.3 is 24.0 Å². The van der Waals surface area contributed by atoms with Gasteiger partial charge in [0.25, 0.3) is 0 Å². The van der Waals surface area contributed by atoms with Gasteiger partial charge in [-0.2, -0.15) is 0 Å². The number of carbonyl (C=O) groups is 2. The number of nitrogens with zero attached hydrogens (tertiary/aromatic N) is 2. The van der Waals surface area contributed by atoms with Crippen molar-refractivity contribution >= 4 is 11.8 Å². The van der Waals surface area contributed by atoms with Crippen LogP contribution in [0.4, 0.5) is 22.4 Å². The lowest BCUT2D eigenvalue weighted by Crippen LogP contribution is -2.68. The number of rotatable bonds is 3. The number of carbonyl (C=O) groups excluding carboxylic acids is 2. The Morgan fingerprint density at radius 2 is 1.94 bits per heavy atom. The molecule has 1 aromatic carbocycles. The maximum absolute atomic E-state index is 14.1. The molecule has 180 valence electrons. The number of benzene rings is 1. The molecule has 1 aliphatic carbocycles. The summed E-state index contributed by atoms with van der Waals surface area (Å²) in [4.78, 5) is 28.1. The number of alkyl halides is 3. The molecule has 33 heavy (non-hydrogen) atoms. The summed E-state index contributed by atoms with van der Waals surface area (Å²) < 4.78 is 65.7. The largest absolute Gasteiger partial charge is 0.573 e. The van der Waals surface area contributed by atoms with E-state index in [1.807, 2.05) is 0 Å². The minimum Gasteiger partial charge on any atom is -0.487 e. The fourth-order valence-corrected chi connectivity index (χ4v) is 5.45. The molecule has 1 aromatic rings. The van der Waals surface area contributed by atoms with E-state index in [2.05, 4.69) is 4.74 Å². The highest BCUT2D eigenvalue weighted by Gasteiger charge is 2.55. The van der Waals surface area contributed by atoms with Crippen LogP contribution in [0.1, 0.15) is 25.7 Å². The van der Waals surface area contributed by atoms with Crippen LogP contribution in [0.5, 0.6) is 11.5 Å². The van der Waals surface area contributed by atoms with E-state index >= 15 is 0 Å². The fraction of sp³-hybridized carbons (Fsp3) is 0.636. The smallest absolute Gasteiger partial charge is 0.487 e. The van der Waals surface area contributed by atoms with Crippen molar-refractivity contribution in [3.8, 4) is 11.5 Å². The number of hydrogen-bond donors (Lipinski definition) is 0. The summed E-state index contributed by atoms with van der Waals surface area (Å²) in [6.45, 7) is 2.48. The molecule has 4 fully saturated rings. The van der Waals surface area contributed by atoms with Gasteiger partial charge in [-0.15, -0.1) is 13.2 Å². The second kappa shape index (κ2) is 8.03. The molecule has 2 atom stereocenters. The highest BCUT2D eigenvalue weighted by molar-refractivity contribution is 5.81. The Labute approximate surface area is 187 Å². The summed E-state index contributed by atoms with van der Waals surface area (Å²) >= 11 is 0. The predicted molar refractivity (Wildman–Crippen MR) is 105 cm³/mol. The van der Waals surface area contributed by atoms with E-state index in [1.165, 1.54) is 0 Å². The molecular formula is C22H24F4N2O5. The van der Waals surface area contributed by atoms with E-state index in [-0.39, 0.29) is 47.7 Å². The van der Waals surface area contributed by atoms with Gasteiger partial charge in [-0.05, 0) is 31.4 Å². The Bertz CT molecular complexity index is 941. The molecule has 0 bridgehead atoms. The first-order valence-electron chi connectivity index (χ1n) is 11.0. The molecule has 3 aliphatic heterocycles. The number of ketones is 1. The molecule has 11 heteroatoms. The lowest BCUT2D eigenvalue weighted by molar-refractivity contribution is -0.274. The van der Waals surface area contributed by atoms with Crippen LogP contribution in [0, 0.1) is 17.2 Å². The van der Waals surface area contributed by atoms with Crippen LogP contribution in [-0.2, 0) is 9.53 Å². The molecule has 0 radical (unpaired) electrons. The van der Waals surface area contributed by atoms with E-state index in [4.69, 9.17) is 9.47 Å². The van der Waals surface area contributed by atoms with Crippen LogP contribution in [0.15, 0.2) is 18.2 Å². The number of fused-ring (bicyclic) bond motifs is 1. The second-order valence-electron chi connectivity index (χ2n) is 9.51. The Balaban J connectivity index is 1.08. The Hall–Kier alpha value is -2.56. The summed E-state index contributed by atoms with van der Waals surface area (Å²) in [7, 11) is 0. The molecule has 2 amide bonds. The number of piperidine rings is 1. The number of ether oxygens (including phenoxy) is 3. The number of Topliss-reactive ketones (excluding diaryl/α,β-unsaturated/α-hetero) is 1. The third-order valence-corrected chi connectivity index (χ3v) is 6.96. The Morgan fingerprint density at radius 3 is 2.64 bits per heavy atom. The van der Waals surface area contributed by atoms with Crippen molar-refractivity contribution in [1.82, 2.24) is 9.80 Å². The van der Waals surface area contributed by atoms with E-state index < -0.39 is 17.9 Å². The standard InChI is InChI=1S/C22H24F4N2O5/c23-17-6-15(33-22(24,25)26)1-2-19(17)32-16-7-21(8-16)11-28(12-21)20(30)27-4-3-18-13(9-27)5-14(29)10-31-18/h1-2,6,13,16,18H,3-5,7-12H2/t13-,18+/m1/s1. The van der Waals surface area contributed by atoms with Gasteiger partial charge in [0, 0.05) is 50.0 Å². The van der Waals surface area contributed by atoms with Crippen molar-refractivity contribution in [2.24, 2.45) is 11.3 Å².